The summed E-state index contributed by atoms with van der Waals surface area (Å²) in [5.41, 5.74) is 6.90. The fourth-order valence-electron chi connectivity index (χ4n) is 3.10. The Morgan fingerprint density at radius 3 is 2.53 bits per heavy atom. The Morgan fingerprint density at radius 2 is 2.00 bits per heavy atom. The van der Waals surface area contributed by atoms with Crippen LogP contribution in [0.3, 0.4) is 0 Å². The van der Waals surface area contributed by atoms with Gasteiger partial charge >= 0.3 is 0 Å². The summed E-state index contributed by atoms with van der Waals surface area (Å²) in [5.74, 6) is 1.26. The van der Waals surface area contributed by atoms with E-state index in [2.05, 4.69) is 13.8 Å². The highest BCUT2D eigenvalue weighted by Crippen LogP contribution is 2.36. The SMILES string of the molecule is CC(C)C1CCC(N)(Cc2ccc(Cl)cc2F)CC1. The molecule has 3 heteroatoms. The minimum atomic E-state index is -0.250. The molecule has 2 rings (SSSR count). The maximum Gasteiger partial charge on any atom is 0.127 e. The van der Waals surface area contributed by atoms with E-state index in [-0.39, 0.29) is 11.4 Å². The molecule has 19 heavy (non-hydrogen) atoms. The highest BCUT2D eigenvalue weighted by molar-refractivity contribution is 6.30. The van der Waals surface area contributed by atoms with Crippen LogP contribution in [0.4, 0.5) is 4.39 Å². The van der Waals surface area contributed by atoms with Crippen molar-refractivity contribution >= 4 is 11.6 Å². The minimum Gasteiger partial charge on any atom is -0.325 e. The maximum atomic E-state index is 13.8. The Kier molecular flexibility index (Phi) is 4.52. The lowest BCUT2D eigenvalue weighted by Crippen LogP contribution is -2.46. The number of rotatable bonds is 3. The van der Waals surface area contributed by atoms with E-state index in [4.69, 9.17) is 17.3 Å². The second kappa shape index (κ2) is 5.80. The highest BCUT2D eigenvalue weighted by Gasteiger charge is 2.33. The predicted molar refractivity (Wildman–Crippen MR) is 78.8 cm³/mol. The number of benzene rings is 1. The first-order valence-electron chi connectivity index (χ1n) is 7.12. The Hall–Kier alpha value is -0.600. The van der Waals surface area contributed by atoms with Crippen LogP contribution in [-0.4, -0.2) is 5.54 Å². The normalized spacial score (nSPS) is 27.8. The second-order valence-electron chi connectivity index (χ2n) is 6.36. The van der Waals surface area contributed by atoms with Gasteiger partial charge in [-0.2, -0.15) is 0 Å². The zero-order valence-corrected chi connectivity index (χ0v) is 12.5. The molecule has 1 aliphatic rings. The molecule has 1 nitrogen and oxygen atoms in total. The smallest absolute Gasteiger partial charge is 0.127 e. The van der Waals surface area contributed by atoms with Crippen LogP contribution < -0.4 is 5.73 Å². The summed E-state index contributed by atoms with van der Waals surface area (Å²) in [5, 5.41) is 0.441. The molecule has 1 aromatic carbocycles. The molecule has 0 atom stereocenters. The summed E-state index contributed by atoms with van der Waals surface area (Å²) in [6.45, 7) is 4.54. The van der Waals surface area contributed by atoms with E-state index < -0.39 is 0 Å². The fraction of sp³-hybridized carbons (Fsp3) is 0.625. The largest absolute Gasteiger partial charge is 0.325 e. The predicted octanol–water partition coefficient (Wildman–Crippen LogP) is 4.57. The van der Waals surface area contributed by atoms with Gasteiger partial charge in [0.15, 0.2) is 0 Å². The summed E-state index contributed by atoms with van der Waals surface area (Å²) in [4.78, 5) is 0. The molecule has 1 saturated carbocycles. The summed E-state index contributed by atoms with van der Waals surface area (Å²) >= 11 is 5.78. The van der Waals surface area contributed by atoms with Gasteiger partial charge in [0.25, 0.3) is 0 Å². The van der Waals surface area contributed by atoms with E-state index in [9.17, 15) is 4.39 Å². The highest BCUT2D eigenvalue weighted by atomic mass is 35.5. The standard InChI is InChI=1S/C16H23ClFN/c1-11(2)12-5-7-16(19,8-6-12)10-13-3-4-14(17)9-15(13)18/h3-4,9,11-12H,5-8,10,19H2,1-2H3. The van der Waals surface area contributed by atoms with Crippen LogP contribution in [0, 0.1) is 17.7 Å². The zero-order chi connectivity index (χ0) is 14.0. The van der Waals surface area contributed by atoms with Gasteiger partial charge < -0.3 is 5.73 Å². The summed E-state index contributed by atoms with van der Waals surface area (Å²) in [7, 11) is 0. The molecule has 0 aromatic heterocycles. The zero-order valence-electron chi connectivity index (χ0n) is 11.8. The molecule has 2 N–H and O–H groups in total. The monoisotopic (exact) mass is 283 g/mol. The van der Waals surface area contributed by atoms with Crippen molar-refractivity contribution in [3.8, 4) is 0 Å². The molecule has 0 spiro atoms. The quantitative estimate of drug-likeness (QED) is 0.864. The van der Waals surface area contributed by atoms with E-state index in [0.29, 0.717) is 17.0 Å². The lowest BCUT2D eigenvalue weighted by molar-refractivity contribution is 0.193. The van der Waals surface area contributed by atoms with Crippen molar-refractivity contribution in [2.45, 2.75) is 51.5 Å². The second-order valence-corrected chi connectivity index (χ2v) is 6.79. The Bertz CT molecular complexity index is 436. The number of halogens is 2. The van der Waals surface area contributed by atoms with Crippen LogP contribution in [0.25, 0.3) is 0 Å². The van der Waals surface area contributed by atoms with Crippen LogP contribution >= 0.6 is 11.6 Å². The van der Waals surface area contributed by atoms with Crippen molar-refractivity contribution in [2.75, 3.05) is 0 Å². The molecule has 106 valence electrons. The van der Waals surface area contributed by atoms with Crippen LogP contribution in [0.1, 0.15) is 45.1 Å². The molecular formula is C16H23ClFN. The molecule has 1 fully saturated rings. The van der Waals surface area contributed by atoms with Crippen LogP contribution in [0.2, 0.25) is 5.02 Å². The fourth-order valence-corrected chi connectivity index (χ4v) is 3.26. The van der Waals surface area contributed by atoms with E-state index in [1.165, 1.54) is 6.07 Å². The van der Waals surface area contributed by atoms with Gasteiger partial charge in [-0.15, -0.1) is 0 Å². The topological polar surface area (TPSA) is 26.0 Å². The third kappa shape index (κ3) is 3.70. The molecule has 0 aliphatic heterocycles. The first kappa shape index (κ1) is 14.8. The van der Waals surface area contributed by atoms with Gasteiger partial charge in [-0.3, -0.25) is 0 Å². The van der Waals surface area contributed by atoms with Gasteiger partial charge in [0.2, 0.25) is 0 Å². The van der Waals surface area contributed by atoms with Gasteiger partial charge in [-0.1, -0.05) is 31.5 Å². The number of hydrogen-bond donors (Lipinski definition) is 1. The molecule has 0 bridgehead atoms. The third-order valence-electron chi connectivity index (χ3n) is 4.53. The van der Waals surface area contributed by atoms with Gasteiger partial charge in [0.05, 0.1) is 0 Å². The van der Waals surface area contributed by atoms with E-state index >= 15 is 0 Å². The Labute approximate surface area is 120 Å². The molecule has 0 heterocycles. The summed E-state index contributed by atoms with van der Waals surface area (Å²) < 4.78 is 13.8. The van der Waals surface area contributed by atoms with Gasteiger partial charge in [-0.05, 0) is 61.6 Å². The average molecular weight is 284 g/mol. The van der Waals surface area contributed by atoms with Crippen molar-refractivity contribution in [1.29, 1.82) is 0 Å². The molecule has 0 saturated heterocycles. The minimum absolute atomic E-state index is 0.233. The van der Waals surface area contributed by atoms with E-state index in [1.54, 1.807) is 12.1 Å². The van der Waals surface area contributed by atoms with Crippen molar-refractivity contribution in [2.24, 2.45) is 17.6 Å². The van der Waals surface area contributed by atoms with Crippen LogP contribution in [0.15, 0.2) is 18.2 Å². The van der Waals surface area contributed by atoms with Crippen LogP contribution in [-0.2, 0) is 6.42 Å². The lowest BCUT2D eigenvalue weighted by atomic mass is 9.71. The van der Waals surface area contributed by atoms with Crippen molar-refractivity contribution in [3.63, 3.8) is 0 Å². The van der Waals surface area contributed by atoms with Crippen LogP contribution in [0.5, 0.6) is 0 Å². The molecule has 1 aliphatic carbocycles. The van der Waals surface area contributed by atoms with Crippen molar-refractivity contribution < 1.29 is 4.39 Å². The first-order valence-corrected chi connectivity index (χ1v) is 7.50. The first-order chi connectivity index (χ1) is 8.89. The van der Waals surface area contributed by atoms with Crippen molar-refractivity contribution in [1.82, 2.24) is 0 Å². The maximum absolute atomic E-state index is 13.8. The molecular weight excluding hydrogens is 261 g/mol. The van der Waals surface area contributed by atoms with Gasteiger partial charge in [0.1, 0.15) is 5.82 Å². The Balaban J connectivity index is 2.03. The van der Waals surface area contributed by atoms with Gasteiger partial charge in [-0.25, -0.2) is 4.39 Å². The molecule has 0 amide bonds. The molecule has 0 unspecified atom stereocenters. The third-order valence-corrected chi connectivity index (χ3v) is 4.76. The average Bonchev–Trinajstić information content (AvgIpc) is 2.33. The van der Waals surface area contributed by atoms with Crippen molar-refractivity contribution in [3.05, 3.63) is 34.6 Å². The number of hydrogen-bond acceptors (Lipinski definition) is 1. The van der Waals surface area contributed by atoms with E-state index in [1.807, 2.05) is 0 Å². The lowest BCUT2D eigenvalue weighted by Gasteiger charge is -2.38. The summed E-state index contributed by atoms with van der Waals surface area (Å²) in [6.07, 6.45) is 4.89. The molecule has 1 aromatic rings. The number of nitrogens with two attached hydrogens (primary N) is 1. The van der Waals surface area contributed by atoms with Gasteiger partial charge in [0, 0.05) is 10.6 Å². The summed E-state index contributed by atoms with van der Waals surface area (Å²) in [6, 6.07) is 4.88. The Morgan fingerprint density at radius 1 is 1.37 bits per heavy atom. The molecule has 0 radical (unpaired) electrons. The van der Waals surface area contributed by atoms with E-state index in [0.717, 1.165) is 37.5 Å².